The first kappa shape index (κ1) is 11.2. The molecule has 0 radical (unpaired) electrons. The van der Waals surface area contributed by atoms with Crippen molar-refractivity contribution in [2.45, 2.75) is 6.42 Å². The Morgan fingerprint density at radius 1 is 1.57 bits per heavy atom. The minimum atomic E-state index is 0.119. The number of quaternary nitrogens is 1. The molecule has 3 nitrogen and oxygen atoms in total. The topological polar surface area (TPSA) is 33.5 Å². The van der Waals surface area contributed by atoms with Crippen LogP contribution in [0.2, 0.25) is 0 Å². The minimum Gasteiger partial charge on any atom is -0.350 e. The molecule has 0 atom stereocenters. The van der Waals surface area contributed by atoms with Crippen LogP contribution >= 0.6 is 11.3 Å². The van der Waals surface area contributed by atoms with E-state index in [0.29, 0.717) is 6.42 Å². The molecule has 0 aliphatic carbocycles. The van der Waals surface area contributed by atoms with Gasteiger partial charge in [0.15, 0.2) is 0 Å². The second-order valence-electron chi connectivity index (χ2n) is 3.56. The number of nitrogens with one attached hydrogen (secondary N) is 2. The zero-order valence-electron chi connectivity index (χ0n) is 8.67. The summed E-state index contributed by atoms with van der Waals surface area (Å²) in [7, 11) is 4.15. The van der Waals surface area contributed by atoms with Crippen molar-refractivity contribution in [2.24, 2.45) is 0 Å². The molecule has 0 aliphatic rings. The molecule has 2 N–H and O–H groups in total. The largest absolute Gasteiger partial charge is 0.350 e. The summed E-state index contributed by atoms with van der Waals surface area (Å²) in [6.45, 7) is 1.72. The van der Waals surface area contributed by atoms with Gasteiger partial charge in [-0.05, 0) is 11.4 Å². The molecule has 1 aromatic heterocycles. The van der Waals surface area contributed by atoms with Gasteiger partial charge in [0.1, 0.15) is 0 Å². The third-order valence-corrected chi connectivity index (χ3v) is 2.74. The molecule has 14 heavy (non-hydrogen) atoms. The van der Waals surface area contributed by atoms with E-state index in [-0.39, 0.29) is 5.91 Å². The van der Waals surface area contributed by atoms with Crippen LogP contribution in [0.5, 0.6) is 0 Å². The fourth-order valence-corrected chi connectivity index (χ4v) is 1.79. The Morgan fingerprint density at radius 3 is 2.93 bits per heavy atom. The molecule has 0 fully saturated rings. The van der Waals surface area contributed by atoms with Crippen LogP contribution in [0.4, 0.5) is 0 Å². The molecule has 78 valence electrons. The van der Waals surface area contributed by atoms with Crippen molar-refractivity contribution in [3.63, 3.8) is 0 Å². The van der Waals surface area contributed by atoms with E-state index >= 15 is 0 Å². The predicted octanol–water partition coefficient (Wildman–Crippen LogP) is -0.449. The first-order chi connectivity index (χ1) is 6.68. The number of hydrogen-bond donors (Lipinski definition) is 2. The number of carbonyl (C=O) groups is 1. The van der Waals surface area contributed by atoms with E-state index in [4.69, 9.17) is 0 Å². The van der Waals surface area contributed by atoms with E-state index in [0.717, 1.165) is 18.0 Å². The van der Waals surface area contributed by atoms with Crippen LogP contribution in [-0.2, 0) is 11.2 Å². The molecule has 0 aliphatic heterocycles. The smallest absolute Gasteiger partial charge is 0.225 e. The number of amides is 1. The standard InChI is InChI=1S/C10H16N2OS/c1-12(2)6-5-11-10(13)8-9-4-3-7-14-9/h3-4,7H,5-6,8H2,1-2H3,(H,11,13)/p+1. The average molecular weight is 213 g/mol. The molecule has 1 aromatic rings. The Balaban J connectivity index is 2.17. The highest BCUT2D eigenvalue weighted by molar-refractivity contribution is 7.10. The molecule has 0 saturated heterocycles. The highest BCUT2D eigenvalue weighted by atomic mass is 32.1. The van der Waals surface area contributed by atoms with Crippen molar-refractivity contribution in [1.29, 1.82) is 0 Å². The zero-order chi connectivity index (χ0) is 10.4. The molecule has 1 rings (SSSR count). The Morgan fingerprint density at radius 2 is 2.36 bits per heavy atom. The van der Waals surface area contributed by atoms with Gasteiger partial charge in [0.05, 0.1) is 33.6 Å². The second kappa shape index (κ2) is 5.78. The van der Waals surface area contributed by atoms with Gasteiger partial charge in [0, 0.05) is 4.88 Å². The van der Waals surface area contributed by atoms with Gasteiger partial charge in [0.2, 0.25) is 5.91 Å². The molecule has 0 aromatic carbocycles. The van der Waals surface area contributed by atoms with E-state index in [1.165, 1.54) is 4.90 Å². The van der Waals surface area contributed by atoms with E-state index in [1.54, 1.807) is 11.3 Å². The summed E-state index contributed by atoms with van der Waals surface area (Å²) >= 11 is 1.62. The Bertz CT molecular complexity index is 270. The van der Waals surface area contributed by atoms with Crippen LogP contribution in [0, 0.1) is 0 Å². The van der Waals surface area contributed by atoms with Gasteiger partial charge < -0.3 is 10.2 Å². The third kappa shape index (κ3) is 4.39. The normalized spacial score (nSPS) is 10.5. The van der Waals surface area contributed by atoms with Crippen LogP contribution < -0.4 is 10.2 Å². The average Bonchev–Trinajstić information content (AvgIpc) is 2.56. The molecular weight excluding hydrogens is 196 g/mol. The van der Waals surface area contributed by atoms with E-state index in [2.05, 4.69) is 19.4 Å². The number of carbonyl (C=O) groups excluding carboxylic acids is 1. The van der Waals surface area contributed by atoms with Crippen molar-refractivity contribution in [3.8, 4) is 0 Å². The van der Waals surface area contributed by atoms with Crippen molar-refractivity contribution >= 4 is 17.2 Å². The summed E-state index contributed by atoms with van der Waals surface area (Å²) in [6.07, 6.45) is 0.514. The van der Waals surface area contributed by atoms with Gasteiger partial charge in [0.25, 0.3) is 0 Å². The molecule has 1 amide bonds. The zero-order valence-corrected chi connectivity index (χ0v) is 9.49. The molecule has 0 unspecified atom stereocenters. The second-order valence-corrected chi connectivity index (χ2v) is 4.60. The summed E-state index contributed by atoms with van der Waals surface area (Å²) in [5, 5.41) is 4.89. The molecule has 1 heterocycles. The van der Waals surface area contributed by atoms with Crippen LogP contribution in [0.25, 0.3) is 0 Å². The summed E-state index contributed by atoms with van der Waals surface area (Å²) < 4.78 is 0. The SMILES string of the molecule is C[NH+](C)CCNC(=O)Cc1cccs1. The summed E-state index contributed by atoms with van der Waals surface area (Å²) in [6, 6.07) is 3.96. The van der Waals surface area contributed by atoms with Gasteiger partial charge in [-0.3, -0.25) is 4.79 Å². The quantitative estimate of drug-likeness (QED) is 0.682. The van der Waals surface area contributed by atoms with Crippen LogP contribution in [0.3, 0.4) is 0 Å². The number of hydrogen-bond acceptors (Lipinski definition) is 2. The van der Waals surface area contributed by atoms with Crippen molar-refractivity contribution in [1.82, 2.24) is 5.32 Å². The van der Waals surface area contributed by atoms with E-state index in [9.17, 15) is 4.79 Å². The van der Waals surface area contributed by atoms with Gasteiger partial charge in [-0.2, -0.15) is 0 Å². The van der Waals surface area contributed by atoms with Gasteiger partial charge in [-0.15, -0.1) is 11.3 Å². The van der Waals surface area contributed by atoms with E-state index in [1.807, 2.05) is 17.5 Å². The molecular formula is C10H17N2OS+. The Hall–Kier alpha value is -0.870. The predicted molar refractivity (Wildman–Crippen MR) is 58.7 cm³/mol. The van der Waals surface area contributed by atoms with Crippen molar-refractivity contribution in [2.75, 3.05) is 27.2 Å². The lowest BCUT2D eigenvalue weighted by atomic mass is 10.3. The van der Waals surface area contributed by atoms with Gasteiger partial charge >= 0.3 is 0 Å². The Labute approximate surface area is 88.7 Å². The highest BCUT2D eigenvalue weighted by Crippen LogP contribution is 2.08. The molecule has 0 saturated carbocycles. The molecule has 0 bridgehead atoms. The summed E-state index contributed by atoms with van der Waals surface area (Å²) in [5.74, 6) is 0.119. The van der Waals surface area contributed by atoms with Crippen LogP contribution in [-0.4, -0.2) is 33.1 Å². The van der Waals surface area contributed by atoms with E-state index < -0.39 is 0 Å². The highest BCUT2D eigenvalue weighted by Gasteiger charge is 2.03. The molecule has 0 spiro atoms. The lowest BCUT2D eigenvalue weighted by Gasteiger charge is -2.07. The first-order valence-electron chi connectivity index (χ1n) is 4.76. The fraction of sp³-hybridized carbons (Fsp3) is 0.500. The maximum Gasteiger partial charge on any atom is 0.225 e. The monoisotopic (exact) mass is 213 g/mol. The number of thiophene rings is 1. The van der Waals surface area contributed by atoms with Gasteiger partial charge in [-0.25, -0.2) is 0 Å². The number of rotatable bonds is 5. The van der Waals surface area contributed by atoms with Gasteiger partial charge in [-0.1, -0.05) is 6.07 Å². The number of likely N-dealkylation sites (N-methyl/N-ethyl adjacent to an activating group) is 1. The van der Waals surface area contributed by atoms with Crippen LogP contribution in [0.1, 0.15) is 4.88 Å². The van der Waals surface area contributed by atoms with Crippen molar-refractivity contribution in [3.05, 3.63) is 22.4 Å². The maximum absolute atomic E-state index is 11.4. The molecule has 4 heteroatoms. The third-order valence-electron chi connectivity index (χ3n) is 1.86. The Kier molecular flexibility index (Phi) is 4.62. The lowest BCUT2D eigenvalue weighted by Crippen LogP contribution is -3.06. The summed E-state index contributed by atoms with van der Waals surface area (Å²) in [5.41, 5.74) is 0. The van der Waals surface area contributed by atoms with Crippen molar-refractivity contribution < 1.29 is 9.69 Å². The first-order valence-corrected chi connectivity index (χ1v) is 5.64. The fourth-order valence-electron chi connectivity index (χ4n) is 1.09. The minimum absolute atomic E-state index is 0.119. The van der Waals surface area contributed by atoms with Crippen LogP contribution in [0.15, 0.2) is 17.5 Å². The maximum atomic E-state index is 11.4. The lowest BCUT2D eigenvalue weighted by molar-refractivity contribution is -0.856. The summed E-state index contributed by atoms with van der Waals surface area (Å²) in [4.78, 5) is 13.9.